The molecule has 2 aromatic carbocycles. The zero-order chi connectivity index (χ0) is 18.2. The van der Waals surface area contributed by atoms with E-state index in [0.717, 1.165) is 6.42 Å². The Morgan fingerprint density at radius 3 is 1.92 bits per heavy atom. The van der Waals surface area contributed by atoms with E-state index in [0.29, 0.717) is 17.8 Å². The lowest BCUT2D eigenvalue weighted by atomic mass is 9.88. The lowest BCUT2D eigenvalue weighted by molar-refractivity contribution is -0.513. The molecule has 1 nitrogen and oxygen atoms in total. The van der Waals surface area contributed by atoms with Crippen molar-refractivity contribution in [3.63, 3.8) is 0 Å². The third-order valence-corrected chi connectivity index (χ3v) is 5.51. The monoisotopic (exact) mass is 334 g/mol. The molecule has 1 aliphatic rings. The van der Waals surface area contributed by atoms with Crippen molar-refractivity contribution in [3.8, 4) is 0 Å². The summed E-state index contributed by atoms with van der Waals surface area (Å²) in [6, 6.07) is 17.8. The SMILES string of the molecule is CC(C)c1cccc(C(C)C)c1[N+]1=CC(c2ccccc2)CC1(C)C. The molecule has 25 heavy (non-hydrogen) atoms. The second-order valence-electron chi connectivity index (χ2n) is 8.65. The van der Waals surface area contributed by atoms with Gasteiger partial charge in [0.25, 0.3) is 0 Å². The third kappa shape index (κ3) is 3.42. The van der Waals surface area contributed by atoms with Crippen molar-refractivity contribution < 1.29 is 4.58 Å². The molecule has 3 rings (SSSR count). The smallest absolute Gasteiger partial charge is 0.197 e. The van der Waals surface area contributed by atoms with E-state index in [4.69, 9.17) is 0 Å². The van der Waals surface area contributed by atoms with E-state index in [1.165, 1.54) is 22.4 Å². The highest BCUT2D eigenvalue weighted by Crippen LogP contribution is 2.42. The first kappa shape index (κ1) is 17.9. The van der Waals surface area contributed by atoms with E-state index in [1.807, 2.05) is 0 Å². The largest absolute Gasteiger partial charge is 0.212 e. The highest BCUT2D eigenvalue weighted by atomic mass is 15.1. The molecule has 132 valence electrons. The fourth-order valence-corrected chi connectivity index (χ4v) is 4.14. The Morgan fingerprint density at radius 2 is 1.40 bits per heavy atom. The topological polar surface area (TPSA) is 3.01 Å². The molecular formula is C24H32N+. The fraction of sp³-hybridized carbons (Fsp3) is 0.458. The summed E-state index contributed by atoms with van der Waals surface area (Å²) in [4.78, 5) is 0. The van der Waals surface area contributed by atoms with E-state index in [1.54, 1.807) is 0 Å². The maximum absolute atomic E-state index is 2.58. The molecule has 0 spiro atoms. The minimum atomic E-state index is 0.120. The van der Waals surface area contributed by atoms with Gasteiger partial charge in [0.05, 0.1) is 5.92 Å². The van der Waals surface area contributed by atoms with Gasteiger partial charge in [0.2, 0.25) is 5.69 Å². The van der Waals surface area contributed by atoms with Crippen molar-refractivity contribution in [1.29, 1.82) is 0 Å². The van der Waals surface area contributed by atoms with E-state index in [-0.39, 0.29) is 5.54 Å². The molecule has 0 amide bonds. The minimum Gasteiger partial charge on any atom is -0.197 e. The predicted octanol–water partition coefficient (Wildman–Crippen LogP) is 6.61. The Hall–Kier alpha value is -1.89. The standard InChI is InChI=1S/C24H32N/c1-17(2)21-13-10-14-22(18(3)4)23(21)25-16-20(15-24(25,5)6)19-11-8-7-9-12-19/h7-14,16-18,20H,15H2,1-6H3/q+1. The molecule has 0 bridgehead atoms. The number of benzene rings is 2. The van der Waals surface area contributed by atoms with Crippen LogP contribution in [0.1, 0.15) is 82.4 Å². The quantitative estimate of drug-likeness (QED) is 0.553. The second-order valence-corrected chi connectivity index (χ2v) is 8.65. The van der Waals surface area contributed by atoms with Gasteiger partial charge in [-0.15, -0.1) is 0 Å². The van der Waals surface area contributed by atoms with Crippen LogP contribution in [0.2, 0.25) is 0 Å². The third-order valence-electron chi connectivity index (χ3n) is 5.51. The Labute approximate surface area is 153 Å². The first-order valence-electron chi connectivity index (χ1n) is 9.63. The Kier molecular flexibility index (Phi) is 4.86. The summed E-state index contributed by atoms with van der Waals surface area (Å²) < 4.78 is 2.58. The Balaban J connectivity index is 2.17. The van der Waals surface area contributed by atoms with Crippen LogP contribution in [0.5, 0.6) is 0 Å². The van der Waals surface area contributed by atoms with E-state index in [9.17, 15) is 0 Å². The number of hydrogen-bond donors (Lipinski definition) is 0. The Bertz CT molecular complexity index is 740. The van der Waals surface area contributed by atoms with Gasteiger partial charge in [-0.3, -0.25) is 0 Å². The number of rotatable bonds is 4. The fourth-order valence-electron chi connectivity index (χ4n) is 4.14. The maximum atomic E-state index is 2.58. The van der Waals surface area contributed by atoms with Gasteiger partial charge in [0.1, 0.15) is 0 Å². The summed E-state index contributed by atoms with van der Waals surface area (Å²) in [7, 11) is 0. The van der Waals surface area contributed by atoms with Crippen LogP contribution in [0.3, 0.4) is 0 Å². The average molecular weight is 335 g/mol. The van der Waals surface area contributed by atoms with Crippen molar-refractivity contribution in [2.75, 3.05) is 0 Å². The normalized spacial score (nSPS) is 19.5. The lowest BCUT2D eigenvalue weighted by Gasteiger charge is -2.23. The first-order valence-corrected chi connectivity index (χ1v) is 9.63. The van der Waals surface area contributed by atoms with Crippen molar-refractivity contribution >= 4 is 11.9 Å². The number of para-hydroxylation sites is 1. The van der Waals surface area contributed by atoms with Gasteiger partial charge in [0, 0.05) is 31.4 Å². The first-order chi connectivity index (χ1) is 11.8. The molecule has 0 aromatic heterocycles. The molecule has 1 atom stereocenters. The van der Waals surface area contributed by atoms with Gasteiger partial charge >= 0.3 is 0 Å². The molecule has 0 saturated heterocycles. The molecule has 0 fully saturated rings. The maximum Gasteiger partial charge on any atom is 0.212 e. The average Bonchev–Trinajstić information content (AvgIpc) is 2.90. The van der Waals surface area contributed by atoms with Gasteiger partial charge in [0.15, 0.2) is 11.8 Å². The van der Waals surface area contributed by atoms with Crippen LogP contribution in [-0.4, -0.2) is 16.3 Å². The van der Waals surface area contributed by atoms with Crippen LogP contribution < -0.4 is 0 Å². The second kappa shape index (κ2) is 6.78. The summed E-state index contributed by atoms with van der Waals surface area (Å²) >= 11 is 0. The van der Waals surface area contributed by atoms with Crippen LogP contribution in [0.15, 0.2) is 48.5 Å². The minimum absolute atomic E-state index is 0.120. The van der Waals surface area contributed by atoms with Crippen molar-refractivity contribution in [2.24, 2.45) is 0 Å². The number of hydrogen-bond acceptors (Lipinski definition) is 0. The van der Waals surface area contributed by atoms with Crippen LogP contribution in [0.25, 0.3) is 0 Å². The number of nitrogens with zero attached hydrogens (tertiary/aromatic N) is 1. The zero-order valence-electron chi connectivity index (χ0n) is 16.6. The lowest BCUT2D eigenvalue weighted by Crippen LogP contribution is -2.30. The molecule has 0 N–H and O–H groups in total. The molecule has 0 saturated carbocycles. The summed E-state index contributed by atoms with van der Waals surface area (Å²) in [5.74, 6) is 1.53. The molecule has 1 heteroatoms. The van der Waals surface area contributed by atoms with Crippen molar-refractivity contribution in [1.82, 2.24) is 0 Å². The van der Waals surface area contributed by atoms with Crippen LogP contribution in [-0.2, 0) is 0 Å². The molecule has 2 aromatic rings. The van der Waals surface area contributed by atoms with Gasteiger partial charge in [-0.2, -0.15) is 4.58 Å². The van der Waals surface area contributed by atoms with Crippen molar-refractivity contribution in [3.05, 3.63) is 65.2 Å². The molecule has 0 aliphatic carbocycles. The van der Waals surface area contributed by atoms with E-state index < -0.39 is 0 Å². The van der Waals surface area contributed by atoms with E-state index >= 15 is 0 Å². The predicted molar refractivity (Wildman–Crippen MR) is 108 cm³/mol. The Morgan fingerprint density at radius 1 is 0.840 bits per heavy atom. The van der Waals surface area contributed by atoms with Gasteiger partial charge in [-0.1, -0.05) is 76.2 Å². The summed E-state index contributed by atoms with van der Waals surface area (Å²) in [6.07, 6.45) is 3.63. The highest BCUT2D eigenvalue weighted by molar-refractivity contribution is 5.68. The summed E-state index contributed by atoms with van der Waals surface area (Å²) in [5, 5.41) is 0. The molecular weight excluding hydrogens is 302 g/mol. The highest BCUT2D eigenvalue weighted by Gasteiger charge is 2.44. The van der Waals surface area contributed by atoms with Crippen molar-refractivity contribution in [2.45, 2.75) is 71.3 Å². The van der Waals surface area contributed by atoms with Crippen LogP contribution in [0, 0.1) is 0 Å². The summed E-state index contributed by atoms with van der Waals surface area (Å²) in [6.45, 7) is 14.0. The zero-order valence-corrected chi connectivity index (χ0v) is 16.6. The van der Waals surface area contributed by atoms with Gasteiger partial charge in [-0.05, 0) is 17.4 Å². The summed E-state index contributed by atoms with van der Waals surface area (Å²) in [5.41, 5.74) is 5.91. The molecule has 0 radical (unpaired) electrons. The van der Waals surface area contributed by atoms with Crippen LogP contribution >= 0.6 is 0 Å². The molecule has 1 unspecified atom stereocenters. The molecule has 1 heterocycles. The van der Waals surface area contributed by atoms with Crippen LogP contribution in [0.4, 0.5) is 5.69 Å². The van der Waals surface area contributed by atoms with Gasteiger partial charge in [-0.25, -0.2) is 0 Å². The van der Waals surface area contributed by atoms with E-state index in [2.05, 4.69) is 101 Å². The van der Waals surface area contributed by atoms with Gasteiger partial charge < -0.3 is 0 Å². The molecule has 1 aliphatic heterocycles.